The quantitative estimate of drug-likeness (QED) is 0.584. The van der Waals surface area contributed by atoms with Crippen LogP contribution in [0.25, 0.3) is 0 Å². The highest BCUT2D eigenvalue weighted by Crippen LogP contribution is 2.51. The van der Waals surface area contributed by atoms with Crippen LogP contribution in [-0.4, -0.2) is 12.2 Å². The van der Waals surface area contributed by atoms with Gasteiger partial charge in [0.2, 0.25) is 0 Å². The Hall–Kier alpha value is -1.64. The highest BCUT2D eigenvalue weighted by atomic mass is 19.4. The number of anilines is 1. The molecule has 1 aromatic carbocycles. The van der Waals surface area contributed by atoms with Gasteiger partial charge in [0.1, 0.15) is 5.75 Å². The number of nitrogens with two attached hydrogens (primary N) is 1. The summed E-state index contributed by atoms with van der Waals surface area (Å²) in [5.41, 5.74) is 3.97. The number of alkyl halides is 6. The highest BCUT2D eigenvalue weighted by Gasteiger charge is 2.68. The number of benzene rings is 1. The molecule has 0 spiro atoms. The van der Waals surface area contributed by atoms with Crippen molar-refractivity contribution in [1.29, 1.82) is 0 Å². The van der Waals surface area contributed by atoms with Crippen LogP contribution in [0, 0.1) is 0 Å². The SMILES string of the molecule is Nc1ccc2c(c1)C(F)(F)O[C@@](F)(C(F)(F)F)O2. The van der Waals surface area contributed by atoms with Crippen molar-refractivity contribution < 1.29 is 35.8 Å². The van der Waals surface area contributed by atoms with Crippen LogP contribution in [0.3, 0.4) is 0 Å². The van der Waals surface area contributed by atoms with Crippen molar-refractivity contribution in [3.63, 3.8) is 0 Å². The first-order chi connectivity index (χ1) is 8.05. The average molecular weight is 273 g/mol. The van der Waals surface area contributed by atoms with Gasteiger partial charge in [0, 0.05) is 5.69 Å². The summed E-state index contributed by atoms with van der Waals surface area (Å²) < 4.78 is 83.6. The van der Waals surface area contributed by atoms with E-state index in [1.807, 2.05) is 0 Å². The third-order valence-corrected chi connectivity index (χ3v) is 2.16. The molecule has 0 radical (unpaired) electrons. The first-order valence-corrected chi connectivity index (χ1v) is 4.48. The van der Waals surface area contributed by atoms with Gasteiger partial charge in [-0.3, -0.25) is 0 Å². The summed E-state index contributed by atoms with van der Waals surface area (Å²) in [6, 6.07) is -2.55. The average Bonchev–Trinajstić information content (AvgIpc) is 2.17. The minimum Gasteiger partial charge on any atom is -0.428 e. The van der Waals surface area contributed by atoms with Gasteiger partial charge < -0.3 is 10.5 Å². The van der Waals surface area contributed by atoms with Crippen molar-refractivity contribution in [3.8, 4) is 5.75 Å². The van der Waals surface area contributed by atoms with Crippen LogP contribution in [0.15, 0.2) is 18.2 Å². The molecule has 0 aromatic heterocycles. The molecular weight excluding hydrogens is 268 g/mol. The Kier molecular flexibility index (Phi) is 2.45. The smallest absolute Gasteiger partial charge is 0.428 e. The van der Waals surface area contributed by atoms with Crippen LogP contribution in [0.2, 0.25) is 0 Å². The van der Waals surface area contributed by atoms with E-state index in [2.05, 4.69) is 9.47 Å². The molecule has 1 aliphatic rings. The maximum atomic E-state index is 13.3. The number of halogens is 6. The third kappa shape index (κ3) is 1.84. The fourth-order valence-corrected chi connectivity index (χ4v) is 1.36. The van der Waals surface area contributed by atoms with Crippen LogP contribution in [-0.2, 0) is 10.8 Å². The first-order valence-electron chi connectivity index (χ1n) is 4.48. The zero-order valence-electron chi connectivity index (χ0n) is 8.39. The Morgan fingerprint density at radius 3 is 2.28 bits per heavy atom. The summed E-state index contributed by atoms with van der Waals surface area (Å²) in [6.45, 7) is 0. The standard InChI is InChI=1S/C9H5F6NO2/c10-7(11)5-3-4(16)1-2-6(5)17-9(15,18-7)8(12,13)14/h1-3H,16H2/t9-/m1/s1. The molecule has 18 heavy (non-hydrogen) atoms. The van der Waals surface area contributed by atoms with Crippen LogP contribution in [0.4, 0.5) is 32.0 Å². The number of hydrogen-bond acceptors (Lipinski definition) is 3. The van der Waals surface area contributed by atoms with E-state index < -0.39 is 29.6 Å². The highest BCUT2D eigenvalue weighted by molar-refractivity contribution is 5.49. The van der Waals surface area contributed by atoms with Crippen molar-refractivity contribution in [3.05, 3.63) is 23.8 Å². The number of ether oxygens (including phenoxy) is 2. The lowest BCUT2D eigenvalue weighted by molar-refractivity contribution is -0.486. The number of nitrogen functional groups attached to an aromatic ring is 1. The summed E-state index contributed by atoms with van der Waals surface area (Å²) >= 11 is 0. The molecular formula is C9H5F6NO2. The molecule has 0 amide bonds. The van der Waals surface area contributed by atoms with Gasteiger partial charge in [0.25, 0.3) is 0 Å². The second kappa shape index (κ2) is 3.44. The second-order valence-corrected chi connectivity index (χ2v) is 3.51. The van der Waals surface area contributed by atoms with E-state index in [9.17, 15) is 26.3 Å². The Labute approximate surface area is 96.1 Å². The van der Waals surface area contributed by atoms with E-state index in [-0.39, 0.29) is 5.69 Å². The van der Waals surface area contributed by atoms with E-state index >= 15 is 0 Å². The summed E-state index contributed by atoms with van der Waals surface area (Å²) in [5, 5.41) is 0. The molecule has 1 atom stereocenters. The second-order valence-electron chi connectivity index (χ2n) is 3.51. The van der Waals surface area contributed by atoms with Crippen molar-refractivity contribution in [2.75, 3.05) is 5.73 Å². The van der Waals surface area contributed by atoms with Gasteiger partial charge in [-0.15, -0.1) is 0 Å². The third-order valence-electron chi connectivity index (χ3n) is 2.16. The molecule has 1 aliphatic heterocycles. The molecule has 100 valence electrons. The number of fused-ring (bicyclic) bond motifs is 1. The molecule has 0 unspecified atom stereocenters. The molecule has 1 aromatic rings. The summed E-state index contributed by atoms with van der Waals surface area (Å²) in [6.07, 6.45) is -10.3. The Balaban J connectivity index is 2.54. The molecule has 0 saturated carbocycles. The van der Waals surface area contributed by atoms with E-state index in [0.717, 1.165) is 6.07 Å². The van der Waals surface area contributed by atoms with Crippen molar-refractivity contribution >= 4 is 5.69 Å². The topological polar surface area (TPSA) is 44.5 Å². The molecule has 0 bridgehead atoms. The van der Waals surface area contributed by atoms with Crippen LogP contribution >= 0.6 is 0 Å². The van der Waals surface area contributed by atoms with Crippen molar-refractivity contribution in [1.82, 2.24) is 0 Å². The zero-order chi connectivity index (χ0) is 13.8. The molecule has 9 heteroatoms. The Morgan fingerprint density at radius 2 is 1.72 bits per heavy atom. The maximum absolute atomic E-state index is 13.3. The summed E-state index contributed by atoms with van der Waals surface area (Å²) in [4.78, 5) is 0. The van der Waals surface area contributed by atoms with E-state index in [1.165, 1.54) is 0 Å². The predicted octanol–water partition coefficient (Wildman–Crippen LogP) is 2.91. The molecule has 0 saturated heterocycles. The van der Waals surface area contributed by atoms with Gasteiger partial charge in [-0.25, -0.2) is 4.74 Å². The molecule has 0 fully saturated rings. The van der Waals surface area contributed by atoms with Gasteiger partial charge in [-0.2, -0.15) is 26.3 Å². The molecule has 3 nitrogen and oxygen atoms in total. The molecule has 0 aliphatic carbocycles. The van der Waals surface area contributed by atoms with Crippen LogP contribution in [0.1, 0.15) is 5.56 Å². The number of rotatable bonds is 0. The van der Waals surface area contributed by atoms with E-state index in [0.29, 0.717) is 12.1 Å². The fourth-order valence-electron chi connectivity index (χ4n) is 1.36. The van der Waals surface area contributed by atoms with Gasteiger partial charge in [-0.1, -0.05) is 0 Å². The summed E-state index contributed by atoms with van der Waals surface area (Å²) in [5.74, 6) is -0.986. The van der Waals surface area contributed by atoms with Crippen molar-refractivity contribution in [2.24, 2.45) is 0 Å². The zero-order valence-corrected chi connectivity index (χ0v) is 8.39. The monoisotopic (exact) mass is 273 g/mol. The first kappa shape index (κ1) is 12.8. The fraction of sp³-hybridized carbons (Fsp3) is 0.333. The molecule has 1 heterocycles. The minimum atomic E-state index is -5.77. The normalized spacial score (nSPS) is 26.3. The Bertz CT molecular complexity index is 488. The van der Waals surface area contributed by atoms with Gasteiger partial charge in [0.05, 0.1) is 5.56 Å². The van der Waals surface area contributed by atoms with Crippen molar-refractivity contribution in [2.45, 2.75) is 18.3 Å². The lowest BCUT2D eigenvalue weighted by Gasteiger charge is -2.36. The van der Waals surface area contributed by atoms with E-state index in [4.69, 9.17) is 5.73 Å². The van der Waals surface area contributed by atoms with Gasteiger partial charge in [0.15, 0.2) is 0 Å². The molecule has 2 rings (SSSR count). The van der Waals surface area contributed by atoms with Gasteiger partial charge >= 0.3 is 18.3 Å². The lowest BCUT2D eigenvalue weighted by Crippen LogP contribution is -2.54. The molecule has 2 N–H and O–H groups in total. The van der Waals surface area contributed by atoms with Crippen LogP contribution < -0.4 is 10.5 Å². The van der Waals surface area contributed by atoms with Crippen LogP contribution in [0.5, 0.6) is 5.75 Å². The minimum absolute atomic E-state index is 0.154. The summed E-state index contributed by atoms with van der Waals surface area (Å²) in [7, 11) is 0. The van der Waals surface area contributed by atoms with E-state index in [1.54, 1.807) is 0 Å². The van der Waals surface area contributed by atoms with Gasteiger partial charge in [-0.05, 0) is 18.2 Å². The Morgan fingerprint density at radius 1 is 1.11 bits per heavy atom. The largest absolute Gasteiger partial charge is 0.491 e. The maximum Gasteiger partial charge on any atom is 0.491 e. The lowest BCUT2D eigenvalue weighted by atomic mass is 10.1. The predicted molar refractivity (Wildman–Crippen MR) is 46.4 cm³/mol. The number of hydrogen-bond donors (Lipinski definition) is 1.